The molecule has 0 radical (unpaired) electrons. The summed E-state index contributed by atoms with van der Waals surface area (Å²) in [5, 5.41) is 4.34. The van der Waals surface area contributed by atoms with Crippen LogP contribution in [0, 0.1) is 0 Å². The maximum atomic E-state index is 13.2. The molecule has 2 heterocycles. The van der Waals surface area contributed by atoms with Crippen molar-refractivity contribution in [2.24, 2.45) is 0 Å². The molecule has 2 aromatic carbocycles. The second-order valence-corrected chi connectivity index (χ2v) is 8.12. The molecule has 2 aromatic heterocycles. The Bertz CT molecular complexity index is 1280. The van der Waals surface area contributed by atoms with Crippen molar-refractivity contribution >= 4 is 40.2 Å². The Morgan fingerprint density at radius 3 is 2.71 bits per heavy atom. The summed E-state index contributed by atoms with van der Waals surface area (Å²) in [7, 11) is 0. The third kappa shape index (κ3) is 5.13. The molecular formula is C23H19ClN4O2S. The van der Waals surface area contributed by atoms with Crippen LogP contribution in [0.4, 0.5) is 0 Å². The molecule has 1 N–H and O–H groups in total. The Morgan fingerprint density at radius 1 is 1.06 bits per heavy atom. The number of para-hydroxylation sites is 1. The van der Waals surface area contributed by atoms with Crippen LogP contribution in [0.25, 0.3) is 16.6 Å². The molecule has 4 aromatic rings. The van der Waals surface area contributed by atoms with Gasteiger partial charge in [0.25, 0.3) is 5.56 Å². The van der Waals surface area contributed by atoms with E-state index < -0.39 is 0 Å². The van der Waals surface area contributed by atoms with Crippen molar-refractivity contribution in [2.75, 3.05) is 12.3 Å². The molecule has 0 aliphatic heterocycles. The average Bonchev–Trinajstić information content (AvgIpc) is 2.78. The van der Waals surface area contributed by atoms with Gasteiger partial charge in [-0.1, -0.05) is 47.6 Å². The number of aromatic nitrogens is 3. The Labute approximate surface area is 188 Å². The van der Waals surface area contributed by atoms with Gasteiger partial charge in [0.15, 0.2) is 5.16 Å². The number of rotatable bonds is 7. The largest absolute Gasteiger partial charge is 0.355 e. The van der Waals surface area contributed by atoms with Crippen LogP contribution in [0.3, 0.4) is 0 Å². The van der Waals surface area contributed by atoms with Crippen molar-refractivity contribution in [2.45, 2.75) is 11.6 Å². The molecule has 1 amide bonds. The smallest absolute Gasteiger partial charge is 0.266 e. The minimum absolute atomic E-state index is 0.133. The van der Waals surface area contributed by atoms with E-state index >= 15 is 0 Å². The third-order valence-corrected chi connectivity index (χ3v) is 5.75. The van der Waals surface area contributed by atoms with E-state index in [1.54, 1.807) is 48.7 Å². The van der Waals surface area contributed by atoms with Crippen molar-refractivity contribution in [3.63, 3.8) is 0 Å². The topological polar surface area (TPSA) is 76.9 Å². The first-order chi connectivity index (χ1) is 15.1. The molecule has 8 heteroatoms. The average molecular weight is 451 g/mol. The Morgan fingerprint density at radius 2 is 1.90 bits per heavy atom. The minimum Gasteiger partial charge on any atom is -0.355 e. The molecule has 156 valence electrons. The Hall–Kier alpha value is -3.16. The first-order valence-corrected chi connectivity index (χ1v) is 11.1. The van der Waals surface area contributed by atoms with Crippen molar-refractivity contribution in [1.29, 1.82) is 0 Å². The summed E-state index contributed by atoms with van der Waals surface area (Å²) in [6.45, 7) is 0.489. The zero-order chi connectivity index (χ0) is 21.6. The van der Waals surface area contributed by atoms with Crippen molar-refractivity contribution in [3.05, 3.63) is 94.0 Å². The van der Waals surface area contributed by atoms with Gasteiger partial charge in [0.05, 0.1) is 22.3 Å². The maximum Gasteiger partial charge on any atom is 0.266 e. The molecule has 0 bridgehead atoms. The lowest BCUT2D eigenvalue weighted by Crippen LogP contribution is -2.28. The van der Waals surface area contributed by atoms with Gasteiger partial charge in [-0.2, -0.15) is 0 Å². The van der Waals surface area contributed by atoms with Crippen LogP contribution in [-0.2, 0) is 11.2 Å². The van der Waals surface area contributed by atoms with Crippen LogP contribution in [0.2, 0.25) is 5.02 Å². The molecule has 0 aliphatic rings. The summed E-state index contributed by atoms with van der Waals surface area (Å²) in [6.07, 6.45) is 2.38. The number of nitrogens with one attached hydrogen (secondary N) is 1. The van der Waals surface area contributed by atoms with Crippen molar-refractivity contribution in [1.82, 2.24) is 19.9 Å². The number of hydrogen-bond acceptors (Lipinski definition) is 5. The van der Waals surface area contributed by atoms with E-state index in [1.165, 1.54) is 16.3 Å². The molecule has 0 spiro atoms. The fourth-order valence-electron chi connectivity index (χ4n) is 3.11. The van der Waals surface area contributed by atoms with Crippen LogP contribution in [-0.4, -0.2) is 32.7 Å². The summed E-state index contributed by atoms with van der Waals surface area (Å²) < 4.78 is 1.50. The molecule has 6 nitrogen and oxygen atoms in total. The highest BCUT2D eigenvalue weighted by Crippen LogP contribution is 2.22. The van der Waals surface area contributed by atoms with Gasteiger partial charge in [-0.05, 0) is 42.5 Å². The number of halogens is 1. The second-order valence-electron chi connectivity index (χ2n) is 6.74. The number of amides is 1. The molecule has 0 atom stereocenters. The molecule has 0 saturated carbocycles. The summed E-state index contributed by atoms with van der Waals surface area (Å²) in [5.74, 6) is -0.00547. The van der Waals surface area contributed by atoms with E-state index in [4.69, 9.17) is 11.6 Å². The standard InChI is InChI=1S/C23H19ClN4O2S/c24-16-6-5-8-18(14-16)28-22(30)19-9-1-2-10-20(19)27-23(28)31-15-21(29)26-13-11-17-7-3-4-12-25-17/h1-10,12,14H,11,13,15H2,(H,26,29). The van der Waals surface area contributed by atoms with Crippen LogP contribution >= 0.6 is 23.4 Å². The third-order valence-electron chi connectivity index (χ3n) is 4.57. The summed E-state index contributed by atoms with van der Waals surface area (Å²) >= 11 is 7.35. The summed E-state index contributed by atoms with van der Waals surface area (Å²) in [4.78, 5) is 34.4. The molecule has 4 rings (SSSR count). The number of fused-ring (bicyclic) bond motifs is 1. The Balaban J connectivity index is 1.54. The van der Waals surface area contributed by atoms with Gasteiger partial charge in [0, 0.05) is 29.9 Å². The quantitative estimate of drug-likeness (QED) is 0.341. The van der Waals surface area contributed by atoms with Gasteiger partial charge in [-0.25, -0.2) is 4.98 Å². The number of carbonyl (C=O) groups excluding carboxylic acids is 1. The number of thioether (sulfide) groups is 1. The normalized spacial score (nSPS) is 10.9. The van der Waals surface area contributed by atoms with Crippen molar-refractivity contribution < 1.29 is 4.79 Å². The first kappa shape index (κ1) is 21.1. The monoisotopic (exact) mass is 450 g/mol. The molecule has 31 heavy (non-hydrogen) atoms. The van der Waals surface area contributed by atoms with Crippen LogP contribution < -0.4 is 10.9 Å². The van der Waals surface area contributed by atoms with Gasteiger partial charge in [0.2, 0.25) is 5.91 Å². The number of benzene rings is 2. The van der Waals surface area contributed by atoms with E-state index in [0.717, 1.165) is 5.69 Å². The summed E-state index contributed by atoms with van der Waals surface area (Å²) in [6, 6.07) is 19.9. The summed E-state index contributed by atoms with van der Waals surface area (Å²) in [5.41, 5.74) is 1.91. The number of hydrogen-bond donors (Lipinski definition) is 1. The fourth-order valence-corrected chi connectivity index (χ4v) is 4.14. The number of nitrogens with zero attached hydrogens (tertiary/aromatic N) is 3. The predicted molar refractivity (Wildman–Crippen MR) is 124 cm³/mol. The zero-order valence-electron chi connectivity index (χ0n) is 16.5. The molecular weight excluding hydrogens is 432 g/mol. The van der Waals surface area contributed by atoms with Gasteiger partial charge >= 0.3 is 0 Å². The predicted octanol–water partition coefficient (Wildman–Crippen LogP) is 3.89. The number of pyridine rings is 1. The molecule has 0 aliphatic carbocycles. The fraction of sp³-hybridized carbons (Fsp3) is 0.130. The number of carbonyl (C=O) groups is 1. The van der Waals surface area contributed by atoms with Crippen molar-refractivity contribution in [3.8, 4) is 5.69 Å². The minimum atomic E-state index is -0.203. The van der Waals surface area contributed by atoms with Gasteiger partial charge in [-0.15, -0.1) is 0 Å². The highest BCUT2D eigenvalue weighted by molar-refractivity contribution is 7.99. The molecule has 0 unspecified atom stereocenters. The van der Waals surface area contributed by atoms with Crippen LogP contribution in [0.5, 0.6) is 0 Å². The highest BCUT2D eigenvalue weighted by Gasteiger charge is 2.15. The van der Waals surface area contributed by atoms with E-state index in [0.29, 0.717) is 39.7 Å². The van der Waals surface area contributed by atoms with Gasteiger partial charge < -0.3 is 5.32 Å². The second kappa shape index (κ2) is 9.76. The maximum absolute atomic E-state index is 13.2. The van der Waals surface area contributed by atoms with E-state index in [-0.39, 0.29) is 17.2 Å². The van der Waals surface area contributed by atoms with E-state index in [9.17, 15) is 9.59 Å². The molecule has 0 fully saturated rings. The molecule has 0 saturated heterocycles. The lowest BCUT2D eigenvalue weighted by Gasteiger charge is -2.13. The lowest BCUT2D eigenvalue weighted by atomic mass is 10.2. The van der Waals surface area contributed by atoms with Gasteiger partial charge in [0.1, 0.15) is 0 Å². The van der Waals surface area contributed by atoms with Crippen LogP contribution in [0.1, 0.15) is 5.69 Å². The van der Waals surface area contributed by atoms with E-state index in [1.807, 2.05) is 24.3 Å². The lowest BCUT2D eigenvalue weighted by molar-refractivity contribution is -0.118. The first-order valence-electron chi connectivity index (χ1n) is 9.69. The SMILES string of the molecule is O=C(CSc1nc2ccccc2c(=O)n1-c1cccc(Cl)c1)NCCc1ccccn1. The zero-order valence-corrected chi connectivity index (χ0v) is 18.1. The highest BCUT2D eigenvalue weighted by atomic mass is 35.5. The van der Waals surface area contributed by atoms with Crippen LogP contribution in [0.15, 0.2) is 82.9 Å². The Kier molecular flexibility index (Phi) is 6.64. The van der Waals surface area contributed by atoms with Gasteiger partial charge in [-0.3, -0.25) is 19.1 Å². The van der Waals surface area contributed by atoms with E-state index in [2.05, 4.69) is 15.3 Å².